The van der Waals surface area contributed by atoms with Gasteiger partial charge in [-0.05, 0) is 18.6 Å². The number of hydrogen-bond acceptors (Lipinski definition) is 3. The fourth-order valence-corrected chi connectivity index (χ4v) is 2.24. The van der Waals surface area contributed by atoms with Gasteiger partial charge in [0.1, 0.15) is 5.82 Å². The summed E-state index contributed by atoms with van der Waals surface area (Å²) in [5, 5.41) is 3.46. The fourth-order valence-electron chi connectivity index (χ4n) is 2.24. The summed E-state index contributed by atoms with van der Waals surface area (Å²) >= 11 is 0. The highest BCUT2D eigenvalue weighted by molar-refractivity contribution is 5.74. The number of aromatic nitrogens is 2. The van der Waals surface area contributed by atoms with Crippen molar-refractivity contribution in [2.75, 3.05) is 19.8 Å². The predicted molar refractivity (Wildman–Crippen MR) is 67.0 cm³/mol. The van der Waals surface area contributed by atoms with Crippen LogP contribution in [0.15, 0.2) is 24.3 Å². The van der Waals surface area contributed by atoms with Crippen LogP contribution in [-0.4, -0.2) is 35.8 Å². The van der Waals surface area contributed by atoms with Crippen LogP contribution in [0.3, 0.4) is 0 Å². The number of nitrogens with one attached hydrogen (secondary N) is 2. The Morgan fingerprint density at radius 2 is 2.29 bits per heavy atom. The Morgan fingerprint density at radius 3 is 3.12 bits per heavy atom. The van der Waals surface area contributed by atoms with Gasteiger partial charge in [0.15, 0.2) is 0 Å². The van der Waals surface area contributed by atoms with E-state index in [4.69, 9.17) is 4.74 Å². The zero-order valence-electron chi connectivity index (χ0n) is 9.78. The lowest BCUT2D eigenvalue weighted by Gasteiger charge is -2.23. The van der Waals surface area contributed by atoms with Crippen molar-refractivity contribution in [3.8, 4) is 0 Å². The van der Waals surface area contributed by atoms with Gasteiger partial charge in [-0.2, -0.15) is 0 Å². The van der Waals surface area contributed by atoms with E-state index in [0.717, 1.165) is 49.5 Å². The first-order valence-corrected chi connectivity index (χ1v) is 6.16. The third-order valence-corrected chi connectivity index (χ3v) is 3.17. The van der Waals surface area contributed by atoms with Gasteiger partial charge in [-0.1, -0.05) is 12.1 Å². The van der Waals surface area contributed by atoms with Crippen molar-refractivity contribution in [2.45, 2.75) is 18.9 Å². The lowest BCUT2D eigenvalue weighted by Crippen LogP contribution is -2.41. The number of rotatable bonds is 3. The fraction of sp³-hybridized carbons (Fsp3) is 0.462. The Labute approximate surface area is 100 Å². The summed E-state index contributed by atoms with van der Waals surface area (Å²) in [6.45, 7) is 2.62. The van der Waals surface area contributed by atoms with Gasteiger partial charge in [-0.3, -0.25) is 0 Å². The highest BCUT2D eigenvalue weighted by atomic mass is 16.5. The first-order chi connectivity index (χ1) is 8.42. The Balaban J connectivity index is 1.64. The molecule has 1 aliphatic rings. The Kier molecular flexibility index (Phi) is 3.07. The molecule has 1 aliphatic heterocycles. The average molecular weight is 231 g/mol. The number of morpholine rings is 1. The maximum absolute atomic E-state index is 5.44. The van der Waals surface area contributed by atoms with Crippen LogP contribution in [0, 0.1) is 0 Å². The summed E-state index contributed by atoms with van der Waals surface area (Å²) < 4.78 is 5.44. The number of nitrogens with zero attached hydrogens (tertiary/aromatic N) is 1. The van der Waals surface area contributed by atoms with E-state index in [1.807, 2.05) is 18.2 Å². The van der Waals surface area contributed by atoms with Crippen LogP contribution in [0.25, 0.3) is 11.0 Å². The van der Waals surface area contributed by atoms with Crippen molar-refractivity contribution in [1.29, 1.82) is 0 Å². The van der Waals surface area contributed by atoms with Crippen molar-refractivity contribution in [3.63, 3.8) is 0 Å². The van der Waals surface area contributed by atoms with Crippen LogP contribution in [0.1, 0.15) is 12.2 Å². The average Bonchev–Trinajstić information content (AvgIpc) is 2.80. The van der Waals surface area contributed by atoms with Gasteiger partial charge < -0.3 is 15.0 Å². The predicted octanol–water partition coefficient (Wildman–Crippen LogP) is 1.48. The maximum atomic E-state index is 5.44. The number of ether oxygens (including phenoxy) is 1. The summed E-state index contributed by atoms with van der Waals surface area (Å²) in [4.78, 5) is 7.93. The van der Waals surface area contributed by atoms with E-state index in [-0.39, 0.29) is 0 Å². The highest BCUT2D eigenvalue weighted by Crippen LogP contribution is 2.12. The van der Waals surface area contributed by atoms with E-state index in [1.54, 1.807) is 0 Å². The van der Waals surface area contributed by atoms with E-state index < -0.39 is 0 Å². The van der Waals surface area contributed by atoms with Crippen LogP contribution in [-0.2, 0) is 11.2 Å². The molecule has 1 fully saturated rings. The minimum atomic E-state index is 0.469. The van der Waals surface area contributed by atoms with E-state index in [9.17, 15) is 0 Å². The number of hydrogen-bond donors (Lipinski definition) is 2. The topological polar surface area (TPSA) is 49.9 Å². The number of para-hydroxylation sites is 2. The van der Waals surface area contributed by atoms with Gasteiger partial charge in [0, 0.05) is 19.0 Å². The second-order valence-corrected chi connectivity index (χ2v) is 4.47. The molecule has 0 bridgehead atoms. The molecule has 1 saturated heterocycles. The van der Waals surface area contributed by atoms with Gasteiger partial charge in [-0.25, -0.2) is 4.98 Å². The Hall–Kier alpha value is -1.39. The monoisotopic (exact) mass is 231 g/mol. The molecule has 0 saturated carbocycles. The number of fused-ring (bicyclic) bond motifs is 1. The molecule has 4 nitrogen and oxygen atoms in total. The van der Waals surface area contributed by atoms with Crippen LogP contribution in [0.5, 0.6) is 0 Å². The van der Waals surface area contributed by atoms with Crippen molar-refractivity contribution >= 4 is 11.0 Å². The zero-order chi connectivity index (χ0) is 11.5. The van der Waals surface area contributed by atoms with Gasteiger partial charge in [0.05, 0.1) is 24.2 Å². The molecule has 4 heteroatoms. The molecule has 0 aliphatic carbocycles. The maximum Gasteiger partial charge on any atom is 0.107 e. The van der Waals surface area contributed by atoms with Crippen LogP contribution in [0.4, 0.5) is 0 Å². The number of aromatic amines is 1. The molecule has 1 unspecified atom stereocenters. The summed E-state index contributed by atoms with van der Waals surface area (Å²) in [6, 6.07) is 8.62. The highest BCUT2D eigenvalue weighted by Gasteiger charge is 2.13. The van der Waals surface area contributed by atoms with E-state index in [0.29, 0.717) is 6.04 Å². The lowest BCUT2D eigenvalue weighted by atomic mass is 10.1. The van der Waals surface area contributed by atoms with Crippen LogP contribution >= 0.6 is 0 Å². The minimum absolute atomic E-state index is 0.469. The molecule has 0 radical (unpaired) electrons. The van der Waals surface area contributed by atoms with E-state index in [2.05, 4.69) is 21.4 Å². The van der Waals surface area contributed by atoms with Gasteiger partial charge in [0.2, 0.25) is 0 Å². The van der Waals surface area contributed by atoms with E-state index in [1.165, 1.54) is 0 Å². The Morgan fingerprint density at radius 1 is 1.35 bits per heavy atom. The number of H-pyrrole nitrogens is 1. The standard InChI is InChI=1S/C13H17N3O/c1-2-4-12-11(3-1)15-13(16-12)6-5-10-9-17-8-7-14-10/h1-4,10,14H,5-9H2,(H,15,16). The molecule has 1 atom stereocenters. The van der Waals surface area contributed by atoms with Crippen molar-refractivity contribution in [2.24, 2.45) is 0 Å². The Bertz CT molecular complexity index is 455. The molecule has 90 valence electrons. The lowest BCUT2D eigenvalue weighted by molar-refractivity contribution is 0.0742. The SMILES string of the molecule is c1ccc2[nH]c(CCC3COCCN3)nc2c1. The third-order valence-electron chi connectivity index (χ3n) is 3.17. The molecule has 2 N–H and O–H groups in total. The summed E-state index contributed by atoms with van der Waals surface area (Å²) in [5.74, 6) is 1.07. The number of imidazole rings is 1. The summed E-state index contributed by atoms with van der Waals surface area (Å²) in [6.07, 6.45) is 2.04. The van der Waals surface area contributed by atoms with Crippen LogP contribution in [0.2, 0.25) is 0 Å². The molecule has 0 spiro atoms. The third kappa shape index (κ3) is 2.48. The zero-order valence-corrected chi connectivity index (χ0v) is 9.78. The molecule has 3 rings (SSSR count). The first kappa shape index (κ1) is 10.7. The van der Waals surface area contributed by atoms with Gasteiger partial charge in [0.25, 0.3) is 0 Å². The normalized spacial score (nSPS) is 20.8. The second-order valence-electron chi connectivity index (χ2n) is 4.47. The molecule has 1 aromatic carbocycles. The second kappa shape index (κ2) is 4.85. The minimum Gasteiger partial charge on any atom is -0.379 e. The van der Waals surface area contributed by atoms with E-state index >= 15 is 0 Å². The molecule has 2 aromatic rings. The molecular weight excluding hydrogens is 214 g/mol. The molecule has 1 aromatic heterocycles. The molecule has 17 heavy (non-hydrogen) atoms. The van der Waals surface area contributed by atoms with Crippen molar-refractivity contribution < 1.29 is 4.74 Å². The number of aryl methyl sites for hydroxylation is 1. The van der Waals surface area contributed by atoms with Gasteiger partial charge >= 0.3 is 0 Å². The smallest absolute Gasteiger partial charge is 0.107 e. The number of benzene rings is 1. The largest absolute Gasteiger partial charge is 0.379 e. The summed E-state index contributed by atoms with van der Waals surface area (Å²) in [7, 11) is 0. The molecular formula is C13H17N3O. The van der Waals surface area contributed by atoms with Gasteiger partial charge in [-0.15, -0.1) is 0 Å². The van der Waals surface area contributed by atoms with Crippen molar-refractivity contribution in [1.82, 2.24) is 15.3 Å². The molecule has 0 amide bonds. The quantitative estimate of drug-likeness (QED) is 0.841. The van der Waals surface area contributed by atoms with Crippen molar-refractivity contribution in [3.05, 3.63) is 30.1 Å². The van der Waals surface area contributed by atoms with Crippen LogP contribution < -0.4 is 5.32 Å². The molecule has 2 heterocycles. The first-order valence-electron chi connectivity index (χ1n) is 6.16. The summed E-state index contributed by atoms with van der Waals surface area (Å²) in [5.41, 5.74) is 2.17.